The van der Waals surface area contributed by atoms with Gasteiger partial charge < -0.3 is 11.1 Å². The Balaban J connectivity index is 2.03. The molecule has 1 saturated carbocycles. The van der Waals surface area contributed by atoms with Gasteiger partial charge in [-0.2, -0.15) is 0 Å². The number of rotatable bonds is 4. The van der Waals surface area contributed by atoms with E-state index in [0.717, 1.165) is 12.1 Å². The molecule has 0 aromatic heterocycles. The second kappa shape index (κ2) is 5.29. The van der Waals surface area contributed by atoms with Crippen LogP contribution >= 0.6 is 11.6 Å². The third-order valence-electron chi connectivity index (χ3n) is 3.75. The molecule has 3 N–H and O–H groups in total. The summed E-state index contributed by atoms with van der Waals surface area (Å²) in [5.41, 5.74) is 6.91. The van der Waals surface area contributed by atoms with Crippen LogP contribution in [0, 0.1) is 0 Å². The standard InChI is InChI=1S/C14H19ClN2O/c1-14(6-2-3-7-14)17-9-11-5-4-10(13(16)18)8-12(11)15/h4-5,8,17H,2-3,6-7,9H2,1H3,(H2,16,18). The lowest BCUT2D eigenvalue weighted by molar-refractivity contribution is 0.100. The molecule has 1 amide bonds. The zero-order valence-electron chi connectivity index (χ0n) is 10.6. The molecule has 2 rings (SSSR count). The van der Waals surface area contributed by atoms with Crippen molar-refractivity contribution in [1.29, 1.82) is 0 Å². The summed E-state index contributed by atoms with van der Waals surface area (Å²) >= 11 is 6.16. The maximum Gasteiger partial charge on any atom is 0.248 e. The minimum absolute atomic E-state index is 0.228. The smallest absolute Gasteiger partial charge is 0.248 e. The zero-order chi connectivity index (χ0) is 13.2. The van der Waals surface area contributed by atoms with Crippen molar-refractivity contribution in [2.75, 3.05) is 0 Å². The van der Waals surface area contributed by atoms with Crippen LogP contribution in [0.15, 0.2) is 18.2 Å². The Morgan fingerprint density at radius 1 is 1.44 bits per heavy atom. The number of primary amides is 1. The summed E-state index contributed by atoms with van der Waals surface area (Å²) < 4.78 is 0. The minimum atomic E-state index is -0.445. The highest BCUT2D eigenvalue weighted by atomic mass is 35.5. The normalized spacial score (nSPS) is 17.9. The van der Waals surface area contributed by atoms with Crippen molar-refractivity contribution in [3.05, 3.63) is 34.3 Å². The molecule has 0 bridgehead atoms. The Kier molecular flexibility index (Phi) is 3.93. The molecule has 1 aliphatic carbocycles. The minimum Gasteiger partial charge on any atom is -0.366 e. The molecule has 0 spiro atoms. The van der Waals surface area contributed by atoms with E-state index in [2.05, 4.69) is 12.2 Å². The lowest BCUT2D eigenvalue weighted by atomic mass is 10.00. The summed E-state index contributed by atoms with van der Waals surface area (Å²) in [6.07, 6.45) is 5.00. The molecule has 0 radical (unpaired) electrons. The molecule has 18 heavy (non-hydrogen) atoms. The van der Waals surface area contributed by atoms with Crippen LogP contribution in [0.4, 0.5) is 0 Å². The maximum atomic E-state index is 11.0. The van der Waals surface area contributed by atoms with E-state index < -0.39 is 5.91 Å². The Hall–Kier alpha value is -1.06. The molecule has 1 aromatic carbocycles. The largest absolute Gasteiger partial charge is 0.366 e. The highest BCUT2D eigenvalue weighted by Gasteiger charge is 2.27. The second-order valence-corrected chi connectivity index (χ2v) is 5.70. The van der Waals surface area contributed by atoms with Crippen LogP contribution in [0.25, 0.3) is 0 Å². The van der Waals surface area contributed by atoms with Gasteiger partial charge in [0.15, 0.2) is 0 Å². The third-order valence-corrected chi connectivity index (χ3v) is 4.10. The van der Waals surface area contributed by atoms with Gasteiger partial charge in [-0.25, -0.2) is 0 Å². The summed E-state index contributed by atoms with van der Waals surface area (Å²) in [6.45, 7) is 2.99. The molecule has 0 heterocycles. The first-order valence-electron chi connectivity index (χ1n) is 6.33. The number of hydrogen-bond donors (Lipinski definition) is 2. The molecule has 1 aromatic rings. The number of nitrogens with two attached hydrogens (primary N) is 1. The van der Waals surface area contributed by atoms with Gasteiger partial charge in [-0.1, -0.05) is 30.5 Å². The van der Waals surface area contributed by atoms with Crippen molar-refractivity contribution in [1.82, 2.24) is 5.32 Å². The van der Waals surface area contributed by atoms with Gasteiger partial charge >= 0.3 is 0 Å². The topological polar surface area (TPSA) is 55.1 Å². The number of halogens is 1. The third kappa shape index (κ3) is 3.03. The van der Waals surface area contributed by atoms with Crippen LogP contribution < -0.4 is 11.1 Å². The Labute approximate surface area is 113 Å². The van der Waals surface area contributed by atoms with Crippen LogP contribution in [0.3, 0.4) is 0 Å². The average molecular weight is 267 g/mol. The first-order valence-corrected chi connectivity index (χ1v) is 6.71. The highest BCUT2D eigenvalue weighted by Crippen LogP contribution is 2.29. The molecule has 0 saturated heterocycles. The predicted molar refractivity (Wildman–Crippen MR) is 73.7 cm³/mol. The fourth-order valence-electron chi connectivity index (χ4n) is 2.48. The van der Waals surface area contributed by atoms with Gasteiger partial charge in [0.2, 0.25) is 5.91 Å². The quantitative estimate of drug-likeness (QED) is 0.880. The molecule has 1 fully saturated rings. The van der Waals surface area contributed by atoms with Crippen molar-refractivity contribution in [2.24, 2.45) is 5.73 Å². The summed E-state index contributed by atoms with van der Waals surface area (Å²) in [5, 5.41) is 4.16. The van der Waals surface area contributed by atoms with Gasteiger partial charge in [0.25, 0.3) is 0 Å². The fourth-order valence-corrected chi connectivity index (χ4v) is 2.73. The number of nitrogens with one attached hydrogen (secondary N) is 1. The number of carbonyl (C=O) groups excluding carboxylic acids is 1. The Morgan fingerprint density at radius 3 is 2.67 bits per heavy atom. The molecule has 3 nitrogen and oxygen atoms in total. The maximum absolute atomic E-state index is 11.0. The van der Waals surface area contributed by atoms with E-state index in [1.165, 1.54) is 25.7 Å². The molecule has 0 atom stereocenters. The molecule has 4 heteroatoms. The molecule has 0 unspecified atom stereocenters. The first-order chi connectivity index (χ1) is 8.50. The molecule has 1 aliphatic rings. The van der Waals surface area contributed by atoms with E-state index in [1.54, 1.807) is 12.1 Å². The van der Waals surface area contributed by atoms with Crippen molar-refractivity contribution in [3.8, 4) is 0 Å². The van der Waals surface area contributed by atoms with Gasteiger partial charge in [0.1, 0.15) is 0 Å². The average Bonchev–Trinajstić information content (AvgIpc) is 2.75. The van der Waals surface area contributed by atoms with E-state index >= 15 is 0 Å². The van der Waals surface area contributed by atoms with Gasteiger partial charge in [-0.15, -0.1) is 0 Å². The van der Waals surface area contributed by atoms with Gasteiger partial charge in [-0.05, 0) is 37.5 Å². The lowest BCUT2D eigenvalue weighted by Gasteiger charge is -2.25. The van der Waals surface area contributed by atoms with Crippen LogP contribution in [0.2, 0.25) is 5.02 Å². The van der Waals surface area contributed by atoms with Crippen LogP contribution in [0.1, 0.15) is 48.5 Å². The number of amides is 1. The Morgan fingerprint density at radius 2 is 2.11 bits per heavy atom. The highest BCUT2D eigenvalue weighted by molar-refractivity contribution is 6.31. The van der Waals surface area contributed by atoms with Crippen LogP contribution in [-0.2, 0) is 6.54 Å². The van der Waals surface area contributed by atoms with Gasteiger partial charge in [-0.3, -0.25) is 4.79 Å². The molecule has 0 aliphatic heterocycles. The summed E-state index contributed by atoms with van der Waals surface area (Å²) in [7, 11) is 0. The number of carbonyl (C=O) groups is 1. The van der Waals surface area contributed by atoms with E-state index in [9.17, 15) is 4.79 Å². The van der Waals surface area contributed by atoms with Crippen LogP contribution in [-0.4, -0.2) is 11.4 Å². The van der Waals surface area contributed by atoms with Gasteiger partial charge in [0.05, 0.1) is 0 Å². The number of hydrogen-bond acceptors (Lipinski definition) is 2. The van der Waals surface area contributed by atoms with Crippen molar-refractivity contribution < 1.29 is 4.79 Å². The molecule has 98 valence electrons. The number of benzene rings is 1. The van der Waals surface area contributed by atoms with Crippen LogP contribution in [0.5, 0.6) is 0 Å². The monoisotopic (exact) mass is 266 g/mol. The summed E-state index contributed by atoms with van der Waals surface area (Å²) in [5.74, 6) is -0.445. The van der Waals surface area contributed by atoms with Crippen molar-refractivity contribution in [3.63, 3.8) is 0 Å². The predicted octanol–water partition coefficient (Wildman–Crippen LogP) is 2.86. The van der Waals surface area contributed by atoms with Crippen molar-refractivity contribution >= 4 is 17.5 Å². The van der Waals surface area contributed by atoms with Crippen molar-refractivity contribution in [2.45, 2.75) is 44.7 Å². The van der Waals surface area contributed by atoms with E-state index in [0.29, 0.717) is 10.6 Å². The first kappa shape index (κ1) is 13.4. The van der Waals surface area contributed by atoms with E-state index in [4.69, 9.17) is 17.3 Å². The Bertz CT molecular complexity index is 453. The SMILES string of the molecule is CC1(NCc2ccc(C(N)=O)cc2Cl)CCCC1. The van der Waals surface area contributed by atoms with E-state index in [-0.39, 0.29) is 5.54 Å². The van der Waals surface area contributed by atoms with E-state index in [1.807, 2.05) is 6.07 Å². The molecular weight excluding hydrogens is 248 g/mol. The lowest BCUT2D eigenvalue weighted by Crippen LogP contribution is -2.38. The summed E-state index contributed by atoms with van der Waals surface area (Å²) in [4.78, 5) is 11.0. The van der Waals surface area contributed by atoms with Gasteiger partial charge in [0, 0.05) is 22.7 Å². The zero-order valence-corrected chi connectivity index (χ0v) is 11.4. The molecular formula is C14H19ClN2O. The summed E-state index contributed by atoms with van der Waals surface area (Å²) in [6, 6.07) is 5.23. The second-order valence-electron chi connectivity index (χ2n) is 5.29. The fraction of sp³-hybridized carbons (Fsp3) is 0.500.